The summed E-state index contributed by atoms with van der Waals surface area (Å²) in [4.78, 5) is 29.0. The number of ether oxygens (including phenoxy) is 2. The molecule has 0 radical (unpaired) electrons. The lowest BCUT2D eigenvalue weighted by molar-refractivity contribution is 0.0393. The minimum Gasteiger partial charge on any atom is -0.508 e. The van der Waals surface area contributed by atoms with E-state index in [1.807, 2.05) is 18.2 Å². The van der Waals surface area contributed by atoms with Crippen LogP contribution < -0.4 is 21.3 Å². The molecule has 3 aromatic carbocycles. The molecule has 48 heavy (non-hydrogen) atoms. The summed E-state index contributed by atoms with van der Waals surface area (Å²) in [5.74, 6) is -0.276. The molecule has 0 aliphatic rings. The molecule has 3 amide bonds. The molecule has 4 rings (SSSR count). The Morgan fingerprint density at radius 1 is 0.792 bits per heavy atom. The van der Waals surface area contributed by atoms with Gasteiger partial charge in [-0.25, -0.2) is 4.79 Å². The zero-order valence-corrected chi connectivity index (χ0v) is 26.7. The van der Waals surface area contributed by atoms with Crippen molar-refractivity contribution >= 4 is 29.0 Å². The van der Waals surface area contributed by atoms with Crippen LogP contribution in [0.15, 0.2) is 91.3 Å². The predicted molar refractivity (Wildman–Crippen MR) is 184 cm³/mol. The lowest BCUT2D eigenvalue weighted by atomic mass is 10.1. The number of pyridine rings is 1. The van der Waals surface area contributed by atoms with Crippen molar-refractivity contribution in [3.63, 3.8) is 0 Å². The van der Waals surface area contributed by atoms with E-state index in [0.717, 1.165) is 31.4 Å². The number of carbonyl (C=O) groups excluding carboxylic acids is 2. The Kier molecular flexibility index (Phi) is 14.8. The molecule has 0 aliphatic carbocycles. The largest absolute Gasteiger partial charge is 0.508 e. The maximum Gasteiger partial charge on any atom is 0.323 e. The number of amides is 3. The van der Waals surface area contributed by atoms with Gasteiger partial charge in [-0.2, -0.15) is 0 Å². The van der Waals surface area contributed by atoms with Gasteiger partial charge in [0.1, 0.15) is 5.75 Å². The van der Waals surface area contributed by atoms with Crippen molar-refractivity contribution in [2.24, 2.45) is 0 Å². The Morgan fingerprint density at radius 3 is 2.31 bits per heavy atom. The number of phenols is 1. The molecular formula is C36H43N5O7. The van der Waals surface area contributed by atoms with E-state index in [1.54, 1.807) is 60.8 Å². The number of carbonyl (C=O) groups is 2. The summed E-state index contributed by atoms with van der Waals surface area (Å²) < 4.78 is 11.4. The zero-order chi connectivity index (χ0) is 34.0. The number of hydrogen-bond acceptors (Lipinski definition) is 9. The van der Waals surface area contributed by atoms with Crippen molar-refractivity contribution in [1.29, 1.82) is 0 Å². The number of aromatic hydroxyl groups is 1. The van der Waals surface area contributed by atoms with Crippen LogP contribution in [0.4, 0.5) is 21.9 Å². The topological polar surface area (TPSA) is 174 Å². The maximum absolute atomic E-state index is 12.6. The van der Waals surface area contributed by atoms with Gasteiger partial charge in [0.2, 0.25) is 0 Å². The number of nitrogens with zero attached hydrogens (tertiary/aromatic N) is 1. The van der Waals surface area contributed by atoms with E-state index in [-0.39, 0.29) is 18.3 Å². The van der Waals surface area contributed by atoms with Crippen LogP contribution in [0.3, 0.4) is 0 Å². The van der Waals surface area contributed by atoms with Crippen LogP contribution in [-0.2, 0) is 22.7 Å². The molecule has 4 aromatic rings. The number of unbranched alkanes of at least 4 members (excludes halogenated alkanes) is 2. The average molecular weight is 658 g/mol. The highest BCUT2D eigenvalue weighted by atomic mass is 16.5. The number of aromatic nitrogens is 1. The number of aliphatic hydroxyl groups is 2. The Bertz CT molecular complexity index is 1590. The van der Waals surface area contributed by atoms with Gasteiger partial charge in [0.25, 0.3) is 5.91 Å². The van der Waals surface area contributed by atoms with Gasteiger partial charge in [-0.15, -0.1) is 0 Å². The Balaban J connectivity index is 1.04. The summed E-state index contributed by atoms with van der Waals surface area (Å²) in [6, 6.07) is 21.9. The summed E-state index contributed by atoms with van der Waals surface area (Å²) in [6.45, 7) is 2.82. The zero-order valence-electron chi connectivity index (χ0n) is 26.7. The molecule has 1 aromatic heterocycles. The molecule has 0 spiro atoms. The third kappa shape index (κ3) is 12.4. The fourth-order valence-electron chi connectivity index (χ4n) is 4.74. The lowest BCUT2D eigenvalue weighted by Crippen LogP contribution is -2.22. The maximum atomic E-state index is 12.6. The van der Waals surface area contributed by atoms with Crippen molar-refractivity contribution in [1.82, 2.24) is 10.3 Å². The molecule has 0 saturated heterocycles. The molecular weight excluding hydrogens is 614 g/mol. The van der Waals surface area contributed by atoms with E-state index in [1.165, 1.54) is 12.3 Å². The van der Waals surface area contributed by atoms with E-state index < -0.39 is 12.1 Å². The van der Waals surface area contributed by atoms with Crippen LogP contribution in [0, 0.1) is 0 Å². The normalized spacial score (nSPS) is 11.5. The number of nitrogens with one attached hydrogen (secondary N) is 4. The van der Waals surface area contributed by atoms with Crippen LogP contribution >= 0.6 is 0 Å². The SMILES string of the molecule is O=C(Nc1cccc(COCCOCCCCCNC[C@H](O)c2ccc(O)c(CO)c2)c1)Nc1cccc(NC(=O)c2cccnc2)c1. The van der Waals surface area contributed by atoms with Crippen LogP contribution in [0.2, 0.25) is 0 Å². The average Bonchev–Trinajstić information content (AvgIpc) is 3.09. The van der Waals surface area contributed by atoms with Crippen LogP contribution in [0.5, 0.6) is 5.75 Å². The lowest BCUT2D eigenvalue weighted by Gasteiger charge is -2.14. The van der Waals surface area contributed by atoms with Gasteiger partial charge >= 0.3 is 6.03 Å². The Labute approximate surface area is 280 Å². The second kappa shape index (κ2) is 19.7. The molecule has 0 saturated carbocycles. The quantitative estimate of drug-likeness (QED) is 0.0669. The van der Waals surface area contributed by atoms with Gasteiger partial charge in [-0.3, -0.25) is 9.78 Å². The van der Waals surface area contributed by atoms with Gasteiger partial charge in [0, 0.05) is 48.2 Å². The summed E-state index contributed by atoms with van der Waals surface area (Å²) in [5, 5.41) is 40.9. The summed E-state index contributed by atoms with van der Waals surface area (Å²) in [5.41, 5.74) is 4.06. The summed E-state index contributed by atoms with van der Waals surface area (Å²) >= 11 is 0. The van der Waals surface area contributed by atoms with E-state index >= 15 is 0 Å². The highest BCUT2D eigenvalue weighted by molar-refractivity contribution is 6.05. The van der Waals surface area contributed by atoms with E-state index in [4.69, 9.17) is 9.47 Å². The van der Waals surface area contributed by atoms with Gasteiger partial charge in [-0.1, -0.05) is 24.3 Å². The molecule has 254 valence electrons. The molecule has 12 nitrogen and oxygen atoms in total. The van der Waals surface area contributed by atoms with Crippen molar-refractivity contribution in [3.8, 4) is 5.75 Å². The van der Waals surface area contributed by atoms with E-state index in [2.05, 4.69) is 26.3 Å². The smallest absolute Gasteiger partial charge is 0.323 e. The minimum atomic E-state index is -0.715. The first-order valence-electron chi connectivity index (χ1n) is 15.9. The van der Waals surface area contributed by atoms with Crippen molar-refractivity contribution in [2.75, 3.05) is 48.9 Å². The van der Waals surface area contributed by atoms with Gasteiger partial charge in [-0.05, 0) is 91.5 Å². The number of rotatable bonds is 19. The van der Waals surface area contributed by atoms with Crippen LogP contribution in [0.1, 0.15) is 52.4 Å². The van der Waals surface area contributed by atoms with Crippen molar-refractivity contribution < 1.29 is 34.4 Å². The third-order valence-electron chi connectivity index (χ3n) is 7.27. The second-order valence-corrected chi connectivity index (χ2v) is 11.0. The molecule has 0 fully saturated rings. The number of anilines is 3. The summed E-state index contributed by atoms with van der Waals surface area (Å²) in [7, 11) is 0. The number of urea groups is 1. The Hall–Kier alpha value is -4.85. The first-order chi connectivity index (χ1) is 23.4. The van der Waals surface area contributed by atoms with Gasteiger partial charge in [0.05, 0.1) is 38.1 Å². The van der Waals surface area contributed by atoms with Crippen LogP contribution in [0.25, 0.3) is 0 Å². The number of benzene rings is 3. The fourth-order valence-corrected chi connectivity index (χ4v) is 4.74. The highest BCUT2D eigenvalue weighted by Gasteiger charge is 2.11. The first-order valence-corrected chi connectivity index (χ1v) is 15.9. The first kappa shape index (κ1) is 36.0. The second-order valence-electron chi connectivity index (χ2n) is 11.0. The molecule has 0 unspecified atom stereocenters. The third-order valence-corrected chi connectivity index (χ3v) is 7.27. The van der Waals surface area contributed by atoms with Gasteiger partial charge < -0.3 is 46.1 Å². The van der Waals surface area contributed by atoms with E-state index in [0.29, 0.717) is 66.7 Å². The Morgan fingerprint density at radius 2 is 1.54 bits per heavy atom. The minimum absolute atomic E-state index is 0.0179. The van der Waals surface area contributed by atoms with Crippen LogP contribution in [-0.4, -0.2) is 65.2 Å². The molecule has 0 aliphatic heterocycles. The monoisotopic (exact) mass is 657 g/mol. The molecule has 0 bridgehead atoms. The fraction of sp³-hybridized carbons (Fsp3) is 0.306. The van der Waals surface area contributed by atoms with Gasteiger partial charge in [0.15, 0.2) is 0 Å². The molecule has 1 atom stereocenters. The number of hydrogen-bond donors (Lipinski definition) is 7. The molecule has 7 N–H and O–H groups in total. The van der Waals surface area contributed by atoms with Crippen molar-refractivity contribution in [2.45, 2.75) is 38.6 Å². The standard InChI is InChI=1S/C36H43N5O7/c42-24-29-20-27(12-13-33(29)43)34(44)23-38-14-2-1-3-16-47-17-18-48-25-26-7-4-9-30(19-26)40-36(46)41-32-11-5-10-31(21-32)39-35(45)28-8-6-15-37-22-28/h4-13,15,19-22,34,38,42-44H,1-3,14,16-18,23-25H2,(H,39,45)(H2,40,41,46)/t34-/m0/s1. The summed E-state index contributed by atoms with van der Waals surface area (Å²) in [6.07, 6.45) is 5.22. The number of aliphatic hydroxyl groups excluding tert-OH is 2. The predicted octanol–water partition coefficient (Wildman–Crippen LogP) is 5.20. The van der Waals surface area contributed by atoms with Crippen molar-refractivity contribution in [3.05, 3.63) is 114 Å². The van der Waals surface area contributed by atoms with E-state index in [9.17, 15) is 24.9 Å². The molecule has 1 heterocycles. The highest BCUT2D eigenvalue weighted by Crippen LogP contribution is 2.22. The molecule has 12 heteroatoms.